The van der Waals surface area contributed by atoms with E-state index in [0.29, 0.717) is 35.2 Å². The van der Waals surface area contributed by atoms with E-state index in [1.165, 1.54) is 12.8 Å². The van der Waals surface area contributed by atoms with E-state index in [2.05, 4.69) is 15.3 Å². The maximum atomic E-state index is 12.9. The van der Waals surface area contributed by atoms with E-state index < -0.39 is 0 Å². The second kappa shape index (κ2) is 8.19. The second-order valence-electron chi connectivity index (χ2n) is 7.59. The van der Waals surface area contributed by atoms with Gasteiger partial charge in [0.15, 0.2) is 0 Å². The SMILES string of the molecule is CCc1cc(C(=O)NCc2cc3c(nc2OC)CN(C2CCCC2)C3=O)ccn1. The minimum atomic E-state index is -0.191. The largest absolute Gasteiger partial charge is 0.481 e. The zero-order chi connectivity index (χ0) is 20.4. The van der Waals surface area contributed by atoms with E-state index in [4.69, 9.17) is 4.74 Å². The molecule has 7 heteroatoms. The van der Waals surface area contributed by atoms with Gasteiger partial charge in [-0.3, -0.25) is 14.6 Å². The number of ether oxygens (including phenoxy) is 1. The molecule has 0 saturated heterocycles. The lowest BCUT2D eigenvalue weighted by molar-refractivity contribution is 0.0706. The number of aromatic nitrogens is 2. The molecule has 2 aromatic rings. The quantitative estimate of drug-likeness (QED) is 0.814. The van der Waals surface area contributed by atoms with E-state index in [-0.39, 0.29) is 18.4 Å². The van der Waals surface area contributed by atoms with E-state index in [1.807, 2.05) is 17.9 Å². The van der Waals surface area contributed by atoms with Gasteiger partial charge >= 0.3 is 0 Å². The highest BCUT2D eigenvalue weighted by molar-refractivity contribution is 5.98. The van der Waals surface area contributed by atoms with Crippen LogP contribution in [-0.4, -0.2) is 39.8 Å². The normalized spacial score (nSPS) is 16.2. The van der Waals surface area contributed by atoms with E-state index >= 15 is 0 Å². The summed E-state index contributed by atoms with van der Waals surface area (Å²) in [5, 5.41) is 2.90. The van der Waals surface area contributed by atoms with Crippen molar-refractivity contribution in [3.63, 3.8) is 0 Å². The number of pyridine rings is 2. The van der Waals surface area contributed by atoms with Crippen LogP contribution in [0.4, 0.5) is 0 Å². The molecule has 29 heavy (non-hydrogen) atoms. The highest BCUT2D eigenvalue weighted by Gasteiger charge is 2.35. The van der Waals surface area contributed by atoms with Crippen molar-refractivity contribution >= 4 is 11.8 Å². The van der Waals surface area contributed by atoms with Crippen LogP contribution >= 0.6 is 0 Å². The summed E-state index contributed by atoms with van der Waals surface area (Å²) in [6, 6.07) is 5.61. The van der Waals surface area contributed by atoms with Crippen LogP contribution in [0.5, 0.6) is 5.88 Å². The minimum absolute atomic E-state index is 0.0383. The molecule has 1 fully saturated rings. The molecule has 1 saturated carbocycles. The van der Waals surface area contributed by atoms with Crippen LogP contribution in [-0.2, 0) is 19.5 Å². The molecule has 0 spiro atoms. The third kappa shape index (κ3) is 3.81. The number of amides is 2. The van der Waals surface area contributed by atoms with Crippen LogP contribution in [0.1, 0.15) is 70.3 Å². The maximum absolute atomic E-state index is 12.9. The fraction of sp³-hybridized carbons (Fsp3) is 0.455. The lowest BCUT2D eigenvalue weighted by Crippen LogP contribution is -2.33. The summed E-state index contributed by atoms with van der Waals surface area (Å²) in [5.41, 5.74) is 3.51. The van der Waals surface area contributed by atoms with Gasteiger partial charge in [0, 0.05) is 35.6 Å². The number of fused-ring (bicyclic) bond motifs is 1. The topological polar surface area (TPSA) is 84.4 Å². The molecule has 0 atom stereocenters. The minimum Gasteiger partial charge on any atom is -0.481 e. The molecule has 0 bridgehead atoms. The molecule has 0 unspecified atom stereocenters. The number of rotatable bonds is 6. The Balaban J connectivity index is 1.51. The zero-order valence-electron chi connectivity index (χ0n) is 16.9. The molecule has 152 valence electrons. The van der Waals surface area contributed by atoms with Crippen LogP contribution in [0.25, 0.3) is 0 Å². The number of nitrogens with zero attached hydrogens (tertiary/aromatic N) is 3. The van der Waals surface area contributed by atoms with E-state index in [0.717, 1.165) is 30.7 Å². The van der Waals surface area contributed by atoms with Crippen molar-refractivity contribution in [1.82, 2.24) is 20.2 Å². The summed E-state index contributed by atoms with van der Waals surface area (Å²) in [6.45, 7) is 2.78. The summed E-state index contributed by atoms with van der Waals surface area (Å²) in [4.78, 5) is 36.2. The smallest absolute Gasteiger partial charge is 0.256 e. The third-order valence-corrected chi connectivity index (χ3v) is 5.79. The Bertz CT molecular complexity index is 938. The predicted molar refractivity (Wildman–Crippen MR) is 108 cm³/mol. The first-order valence-corrected chi connectivity index (χ1v) is 10.2. The highest BCUT2D eigenvalue weighted by atomic mass is 16.5. The predicted octanol–water partition coefficient (Wildman–Crippen LogP) is 2.88. The highest BCUT2D eigenvalue weighted by Crippen LogP contribution is 2.33. The summed E-state index contributed by atoms with van der Waals surface area (Å²) < 4.78 is 5.44. The standard InChI is InChI=1S/C22H26N4O3/c1-3-16-10-14(8-9-23-16)20(27)24-12-15-11-18-19(25-21(15)29-2)13-26(22(18)28)17-6-4-5-7-17/h8-11,17H,3-7,12-13H2,1-2H3,(H,24,27). The molecule has 2 aliphatic rings. The molecule has 3 heterocycles. The Morgan fingerprint density at radius 2 is 2.10 bits per heavy atom. The zero-order valence-corrected chi connectivity index (χ0v) is 16.9. The first-order valence-electron chi connectivity index (χ1n) is 10.2. The van der Waals surface area contributed by atoms with Crippen LogP contribution in [0.3, 0.4) is 0 Å². The number of carbonyl (C=O) groups excluding carboxylic acids is 2. The van der Waals surface area contributed by atoms with Crippen LogP contribution < -0.4 is 10.1 Å². The number of aryl methyl sites for hydroxylation is 1. The molecule has 2 amide bonds. The average molecular weight is 394 g/mol. The van der Waals surface area contributed by atoms with Crippen molar-refractivity contribution in [2.24, 2.45) is 0 Å². The molecular weight excluding hydrogens is 368 g/mol. The molecule has 4 rings (SSSR count). The fourth-order valence-corrected chi connectivity index (χ4v) is 4.17. The maximum Gasteiger partial charge on any atom is 0.256 e. The molecule has 7 nitrogen and oxygen atoms in total. The summed E-state index contributed by atoms with van der Waals surface area (Å²) >= 11 is 0. The van der Waals surface area contributed by atoms with E-state index in [9.17, 15) is 9.59 Å². The summed E-state index contributed by atoms with van der Waals surface area (Å²) in [5.74, 6) is 0.300. The van der Waals surface area contributed by atoms with Gasteiger partial charge in [-0.05, 0) is 37.5 Å². The van der Waals surface area contributed by atoms with Crippen molar-refractivity contribution in [3.8, 4) is 5.88 Å². The van der Waals surface area contributed by atoms with Gasteiger partial charge in [0.25, 0.3) is 11.8 Å². The Morgan fingerprint density at radius 3 is 2.83 bits per heavy atom. The number of carbonyl (C=O) groups is 2. The van der Waals surface area contributed by atoms with Crippen molar-refractivity contribution in [1.29, 1.82) is 0 Å². The first kappa shape index (κ1) is 19.4. The monoisotopic (exact) mass is 394 g/mol. The molecular formula is C22H26N4O3. The number of nitrogens with one attached hydrogen (secondary N) is 1. The molecule has 2 aromatic heterocycles. The van der Waals surface area contributed by atoms with Crippen molar-refractivity contribution < 1.29 is 14.3 Å². The second-order valence-corrected chi connectivity index (χ2v) is 7.59. The van der Waals surface area contributed by atoms with Gasteiger partial charge in [-0.25, -0.2) is 4.98 Å². The molecule has 1 N–H and O–H groups in total. The van der Waals surface area contributed by atoms with Crippen LogP contribution in [0, 0.1) is 0 Å². The van der Waals surface area contributed by atoms with Gasteiger partial charge in [-0.1, -0.05) is 19.8 Å². The molecule has 1 aliphatic carbocycles. The Hall–Kier alpha value is -2.96. The van der Waals surface area contributed by atoms with Crippen molar-refractivity contribution in [2.75, 3.05) is 7.11 Å². The van der Waals surface area contributed by atoms with Crippen molar-refractivity contribution in [3.05, 3.63) is 52.5 Å². The molecule has 0 radical (unpaired) electrons. The molecule has 1 aliphatic heterocycles. The lowest BCUT2D eigenvalue weighted by Gasteiger charge is -2.22. The van der Waals surface area contributed by atoms with Gasteiger partial charge in [-0.15, -0.1) is 0 Å². The fourth-order valence-electron chi connectivity index (χ4n) is 4.17. The first-order chi connectivity index (χ1) is 14.1. The van der Waals surface area contributed by atoms with Gasteiger partial charge in [-0.2, -0.15) is 0 Å². The van der Waals surface area contributed by atoms with Gasteiger partial charge in [0.1, 0.15) is 0 Å². The number of hydrogen-bond donors (Lipinski definition) is 1. The van der Waals surface area contributed by atoms with Gasteiger partial charge in [0.2, 0.25) is 5.88 Å². The summed E-state index contributed by atoms with van der Waals surface area (Å²) in [6.07, 6.45) is 6.88. The van der Waals surface area contributed by atoms with Gasteiger partial charge < -0.3 is 15.0 Å². The van der Waals surface area contributed by atoms with Crippen LogP contribution in [0.2, 0.25) is 0 Å². The average Bonchev–Trinajstić information content (AvgIpc) is 3.39. The summed E-state index contributed by atoms with van der Waals surface area (Å²) in [7, 11) is 1.56. The third-order valence-electron chi connectivity index (χ3n) is 5.79. The Morgan fingerprint density at radius 1 is 1.31 bits per heavy atom. The number of hydrogen-bond acceptors (Lipinski definition) is 5. The van der Waals surface area contributed by atoms with Gasteiger partial charge in [0.05, 0.1) is 24.9 Å². The Labute approximate surface area is 170 Å². The number of methoxy groups -OCH3 is 1. The Kier molecular flexibility index (Phi) is 5.47. The van der Waals surface area contributed by atoms with E-state index in [1.54, 1.807) is 25.4 Å². The molecule has 0 aromatic carbocycles. The van der Waals surface area contributed by atoms with Crippen LogP contribution in [0.15, 0.2) is 24.4 Å². The van der Waals surface area contributed by atoms with Crippen molar-refractivity contribution in [2.45, 2.75) is 58.2 Å². The lowest BCUT2D eigenvalue weighted by atomic mass is 10.1.